The first kappa shape index (κ1) is 14.9. The van der Waals surface area contributed by atoms with Gasteiger partial charge in [0.1, 0.15) is 11.6 Å². The van der Waals surface area contributed by atoms with Gasteiger partial charge in [-0.25, -0.2) is 8.78 Å². The SMILES string of the molecule is NCC(c1cc(F)ccc1F)N1CCC[C@H]2CCCC[C@H]21. The number of halogens is 2. The van der Waals surface area contributed by atoms with Crippen LogP contribution in [-0.2, 0) is 0 Å². The maximum Gasteiger partial charge on any atom is 0.128 e. The molecule has 1 aliphatic carbocycles. The molecule has 2 nitrogen and oxygen atoms in total. The number of benzene rings is 1. The molecule has 1 aromatic carbocycles. The third-order valence-electron chi connectivity index (χ3n) is 5.23. The average Bonchev–Trinajstić information content (AvgIpc) is 2.51. The quantitative estimate of drug-likeness (QED) is 0.922. The van der Waals surface area contributed by atoms with Crippen molar-refractivity contribution in [3.05, 3.63) is 35.4 Å². The van der Waals surface area contributed by atoms with Crippen LogP contribution in [0.5, 0.6) is 0 Å². The van der Waals surface area contributed by atoms with Gasteiger partial charge in [0.2, 0.25) is 0 Å². The summed E-state index contributed by atoms with van der Waals surface area (Å²) in [7, 11) is 0. The van der Waals surface area contributed by atoms with E-state index in [2.05, 4.69) is 4.90 Å². The minimum Gasteiger partial charge on any atom is -0.329 e. The zero-order valence-corrected chi connectivity index (χ0v) is 12.4. The average molecular weight is 294 g/mol. The predicted molar refractivity (Wildman–Crippen MR) is 79.8 cm³/mol. The molecule has 4 heteroatoms. The highest BCUT2D eigenvalue weighted by molar-refractivity contribution is 5.23. The molecule has 0 bridgehead atoms. The second kappa shape index (κ2) is 6.41. The summed E-state index contributed by atoms with van der Waals surface area (Å²) in [6.07, 6.45) is 7.37. The molecule has 1 aromatic rings. The van der Waals surface area contributed by atoms with Crippen LogP contribution in [0.2, 0.25) is 0 Å². The Kier molecular flexibility index (Phi) is 4.55. The highest BCUT2D eigenvalue weighted by Crippen LogP contribution is 2.39. The highest BCUT2D eigenvalue weighted by Gasteiger charge is 2.37. The van der Waals surface area contributed by atoms with Crippen LogP contribution in [0.15, 0.2) is 18.2 Å². The first-order chi connectivity index (χ1) is 10.2. The predicted octanol–water partition coefficient (Wildman–Crippen LogP) is 3.62. The molecule has 0 amide bonds. The van der Waals surface area contributed by atoms with Gasteiger partial charge in [-0.2, -0.15) is 0 Å². The molecule has 0 radical (unpaired) electrons. The number of hydrogen-bond donors (Lipinski definition) is 1. The van der Waals surface area contributed by atoms with E-state index < -0.39 is 0 Å². The van der Waals surface area contributed by atoms with Crippen LogP contribution in [0.4, 0.5) is 8.78 Å². The van der Waals surface area contributed by atoms with E-state index in [4.69, 9.17) is 5.73 Å². The molecule has 2 N–H and O–H groups in total. The van der Waals surface area contributed by atoms with E-state index in [0.717, 1.165) is 19.4 Å². The Morgan fingerprint density at radius 2 is 1.90 bits per heavy atom. The summed E-state index contributed by atoms with van der Waals surface area (Å²) in [4.78, 5) is 2.35. The number of likely N-dealkylation sites (tertiary alicyclic amines) is 1. The van der Waals surface area contributed by atoms with Crippen LogP contribution in [0.1, 0.15) is 50.1 Å². The fourth-order valence-corrected chi connectivity index (χ4v) is 4.26. The summed E-state index contributed by atoms with van der Waals surface area (Å²) in [6, 6.07) is 4.00. The number of nitrogens with two attached hydrogens (primary N) is 1. The molecule has 1 saturated carbocycles. The fourth-order valence-electron chi connectivity index (χ4n) is 4.26. The summed E-state index contributed by atoms with van der Waals surface area (Å²) in [5.74, 6) is -0.0231. The third-order valence-corrected chi connectivity index (χ3v) is 5.23. The number of piperidine rings is 1. The van der Waals surface area contributed by atoms with E-state index in [0.29, 0.717) is 24.1 Å². The Labute approximate surface area is 125 Å². The Bertz CT molecular complexity index is 490. The van der Waals surface area contributed by atoms with E-state index >= 15 is 0 Å². The van der Waals surface area contributed by atoms with Gasteiger partial charge < -0.3 is 5.73 Å². The molecular weight excluding hydrogens is 270 g/mol. The molecule has 2 fully saturated rings. The van der Waals surface area contributed by atoms with Gasteiger partial charge in [0, 0.05) is 18.2 Å². The van der Waals surface area contributed by atoms with E-state index in [1.807, 2.05) is 0 Å². The molecule has 1 heterocycles. The molecule has 0 aromatic heterocycles. The van der Waals surface area contributed by atoms with Crippen molar-refractivity contribution in [1.29, 1.82) is 0 Å². The van der Waals surface area contributed by atoms with Crippen molar-refractivity contribution < 1.29 is 8.78 Å². The van der Waals surface area contributed by atoms with E-state index in [9.17, 15) is 8.78 Å². The van der Waals surface area contributed by atoms with Crippen LogP contribution in [-0.4, -0.2) is 24.0 Å². The summed E-state index contributed by atoms with van der Waals surface area (Å²) < 4.78 is 27.7. The largest absolute Gasteiger partial charge is 0.329 e. The summed E-state index contributed by atoms with van der Waals surface area (Å²) in [5.41, 5.74) is 6.37. The maximum atomic E-state index is 14.1. The second-order valence-corrected chi connectivity index (χ2v) is 6.41. The molecule has 1 unspecified atom stereocenters. The summed E-state index contributed by atoms with van der Waals surface area (Å²) >= 11 is 0. The highest BCUT2D eigenvalue weighted by atomic mass is 19.1. The molecule has 1 aliphatic heterocycles. The first-order valence-corrected chi connectivity index (χ1v) is 8.11. The molecular formula is C17H24F2N2. The van der Waals surface area contributed by atoms with Gasteiger partial charge in [-0.1, -0.05) is 12.8 Å². The van der Waals surface area contributed by atoms with E-state index in [-0.39, 0.29) is 17.7 Å². The summed E-state index contributed by atoms with van der Waals surface area (Å²) in [5, 5.41) is 0. The maximum absolute atomic E-state index is 14.1. The Morgan fingerprint density at radius 1 is 1.14 bits per heavy atom. The molecule has 3 rings (SSSR count). The van der Waals surface area contributed by atoms with Crippen molar-refractivity contribution in [1.82, 2.24) is 4.90 Å². The van der Waals surface area contributed by atoms with Gasteiger partial charge in [0.25, 0.3) is 0 Å². The third kappa shape index (κ3) is 2.97. The van der Waals surface area contributed by atoms with Crippen LogP contribution >= 0.6 is 0 Å². The van der Waals surface area contributed by atoms with Crippen LogP contribution in [0.25, 0.3) is 0 Å². The number of fused-ring (bicyclic) bond motifs is 1. The molecule has 21 heavy (non-hydrogen) atoms. The topological polar surface area (TPSA) is 29.3 Å². The normalized spacial score (nSPS) is 28.1. The van der Waals surface area contributed by atoms with E-state index in [1.54, 1.807) is 0 Å². The second-order valence-electron chi connectivity index (χ2n) is 6.41. The van der Waals surface area contributed by atoms with Gasteiger partial charge in [0.05, 0.1) is 6.04 Å². The van der Waals surface area contributed by atoms with Crippen molar-refractivity contribution in [3.63, 3.8) is 0 Å². The van der Waals surface area contributed by atoms with Crippen molar-refractivity contribution in [3.8, 4) is 0 Å². The first-order valence-electron chi connectivity index (χ1n) is 8.11. The zero-order valence-electron chi connectivity index (χ0n) is 12.4. The molecule has 1 saturated heterocycles. The Morgan fingerprint density at radius 3 is 2.71 bits per heavy atom. The Balaban J connectivity index is 1.89. The lowest BCUT2D eigenvalue weighted by atomic mass is 9.77. The van der Waals surface area contributed by atoms with Crippen molar-refractivity contribution in [2.75, 3.05) is 13.1 Å². The minimum absolute atomic E-state index is 0.202. The van der Waals surface area contributed by atoms with Gasteiger partial charge in [-0.15, -0.1) is 0 Å². The number of hydrogen-bond acceptors (Lipinski definition) is 2. The smallest absolute Gasteiger partial charge is 0.128 e. The van der Waals surface area contributed by atoms with Crippen molar-refractivity contribution in [2.24, 2.45) is 11.7 Å². The zero-order chi connectivity index (χ0) is 14.8. The van der Waals surface area contributed by atoms with Crippen molar-refractivity contribution in [2.45, 2.75) is 50.6 Å². The van der Waals surface area contributed by atoms with E-state index in [1.165, 1.54) is 43.9 Å². The lowest BCUT2D eigenvalue weighted by Crippen LogP contribution is -2.50. The van der Waals surface area contributed by atoms with Gasteiger partial charge >= 0.3 is 0 Å². The number of nitrogens with zero attached hydrogens (tertiary/aromatic N) is 1. The standard InChI is InChI=1S/C17H24F2N2/c18-13-7-8-15(19)14(10-13)17(11-20)21-9-3-5-12-4-1-2-6-16(12)21/h7-8,10,12,16-17H,1-6,9,11,20H2/t12-,16-,17?/m1/s1. The van der Waals surface area contributed by atoms with Crippen LogP contribution in [0.3, 0.4) is 0 Å². The van der Waals surface area contributed by atoms with Crippen molar-refractivity contribution >= 4 is 0 Å². The monoisotopic (exact) mass is 294 g/mol. The lowest BCUT2D eigenvalue weighted by Gasteiger charge is -2.47. The van der Waals surface area contributed by atoms with Crippen LogP contribution in [0, 0.1) is 17.6 Å². The lowest BCUT2D eigenvalue weighted by molar-refractivity contribution is 0.0264. The number of rotatable bonds is 3. The molecule has 0 spiro atoms. The van der Waals surface area contributed by atoms with Gasteiger partial charge in [-0.05, 0) is 56.3 Å². The molecule has 2 aliphatic rings. The summed E-state index contributed by atoms with van der Waals surface area (Å²) in [6.45, 7) is 1.28. The van der Waals surface area contributed by atoms with Gasteiger partial charge in [-0.3, -0.25) is 4.90 Å². The van der Waals surface area contributed by atoms with Gasteiger partial charge in [0.15, 0.2) is 0 Å². The minimum atomic E-state index is -0.387. The molecule has 3 atom stereocenters. The Hall–Kier alpha value is -1.00. The molecule has 116 valence electrons. The van der Waals surface area contributed by atoms with Crippen LogP contribution < -0.4 is 5.73 Å². The fraction of sp³-hybridized carbons (Fsp3) is 0.647.